The molecule has 0 fully saturated rings. The van der Waals surface area contributed by atoms with Gasteiger partial charge >= 0.3 is 5.97 Å². The Bertz CT molecular complexity index is 1320. The molecule has 1 aliphatic rings. The zero-order valence-corrected chi connectivity index (χ0v) is 19.4. The molecular weight excluding hydrogens is 456 g/mol. The van der Waals surface area contributed by atoms with Crippen molar-refractivity contribution in [2.75, 3.05) is 25.6 Å². The molecule has 1 N–H and O–H groups in total. The molecule has 8 nitrogen and oxygen atoms in total. The third kappa shape index (κ3) is 5.27. The van der Waals surface area contributed by atoms with Gasteiger partial charge in [0.1, 0.15) is 5.75 Å². The standard InChI is InChI=1S/C25H24N2O6S/c1-32-22-10-5-9-21(15-22)26-24(28)17-33-25(29)19-8-4-11-23(14-19)34(30,31)27-13-12-18-6-2-3-7-20(18)16-27/h2-11,14-15H,12-13,16-17H2,1H3,(H,26,28). The van der Waals surface area contributed by atoms with Gasteiger partial charge in [0.25, 0.3) is 5.91 Å². The number of methoxy groups -OCH3 is 1. The van der Waals surface area contributed by atoms with Gasteiger partial charge in [-0.1, -0.05) is 36.4 Å². The topological polar surface area (TPSA) is 102 Å². The van der Waals surface area contributed by atoms with Crippen LogP contribution in [0.5, 0.6) is 5.75 Å². The summed E-state index contributed by atoms with van der Waals surface area (Å²) in [4.78, 5) is 24.6. The number of nitrogens with one attached hydrogen (secondary N) is 1. The fraction of sp³-hybridized carbons (Fsp3) is 0.200. The van der Waals surface area contributed by atoms with Crippen LogP contribution in [0.2, 0.25) is 0 Å². The van der Waals surface area contributed by atoms with E-state index in [-0.39, 0.29) is 17.0 Å². The maximum Gasteiger partial charge on any atom is 0.338 e. The third-order valence-corrected chi connectivity index (χ3v) is 7.33. The average Bonchev–Trinajstić information content (AvgIpc) is 2.87. The number of hydrogen-bond acceptors (Lipinski definition) is 6. The molecule has 9 heteroatoms. The van der Waals surface area contributed by atoms with Gasteiger partial charge in [0.2, 0.25) is 10.0 Å². The van der Waals surface area contributed by atoms with Crippen LogP contribution in [-0.4, -0.2) is 44.9 Å². The molecule has 3 aromatic rings. The number of hydrogen-bond donors (Lipinski definition) is 1. The quantitative estimate of drug-likeness (QED) is 0.521. The fourth-order valence-electron chi connectivity index (χ4n) is 3.72. The number of rotatable bonds is 7. The van der Waals surface area contributed by atoms with Gasteiger partial charge in [-0.3, -0.25) is 4.79 Å². The second kappa shape index (κ2) is 10.1. The van der Waals surface area contributed by atoms with Crippen LogP contribution in [0, 0.1) is 0 Å². The summed E-state index contributed by atoms with van der Waals surface area (Å²) in [7, 11) is -2.29. The number of anilines is 1. The molecule has 0 aromatic heterocycles. The van der Waals surface area contributed by atoms with Crippen molar-refractivity contribution in [1.82, 2.24) is 4.31 Å². The monoisotopic (exact) mass is 480 g/mol. The fourth-order valence-corrected chi connectivity index (χ4v) is 5.19. The molecular formula is C25H24N2O6S. The average molecular weight is 481 g/mol. The minimum absolute atomic E-state index is 0.00200. The number of ether oxygens (including phenoxy) is 2. The van der Waals surface area contributed by atoms with Crippen LogP contribution in [0.4, 0.5) is 5.69 Å². The van der Waals surface area contributed by atoms with E-state index >= 15 is 0 Å². The predicted octanol–water partition coefficient (Wildman–Crippen LogP) is 3.24. The summed E-state index contributed by atoms with van der Waals surface area (Å²) in [5.74, 6) is -0.746. The first-order valence-electron chi connectivity index (χ1n) is 10.6. The lowest BCUT2D eigenvalue weighted by Gasteiger charge is -2.28. The molecule has 0 aliphatic carbocycles. The van der Waals surface area contributed by atoms with E-state index in [2.05, 4.69) is 5.32 Å². The van der Waals surface area contributed by atoms with E-state index in [1.807, 2.05) is 24.3 Å². The van der Waals surface area contributed by atoms with E-state index in [9.17, 15) is 18.0 Å². The smallest absolute Gasteiger partial charge is 0.338 e. The summed E-state index contributed by atoms with van der Waals surface area (Å²) in [5, 5.41) is 2.61. The van der Waals surface area contributed by atoms with Gasteiger partial charge in [-0.05, 0) is 47.9 Å². The van der Waals surface area contributed by atoms with Crippen molar-refractivity contribution in [3.63, 3.8) is 0 Å². The summed E-state index contributed by atoms with van der Waals surface area (Å²) in [6, 6.07) is 20.2. The molecule has 0 unspecified atom stereocenters. The lowest BCUT2D eigenvalue weighted by molar-refractivity contribution is -0.119. The van der Waals surface area contributed by atoms with Crippen LogP contribution in [0.15, 0.2) is 77.7 Å². The highest BCUT2D eigenvalue weighted by Crippen LogP contribution is 2.25. The number of carbonyl (C=O) groups is 2. The van der Waals surface area contributed by atoms with Crippen LogP contribution in [0.1, 0.15) is 21.5 Å². The summed E-state index contributed by atoms with van der Waals surface area (Å²) >= 11 is 0. The highest BCUT2D eigenvalue weighted by atomic mass is 32.2. The van der Waals surface area contributed by atoms with Crippen LogP contribution in [0.25, 0.3) is 0 Å². The number of sulfonamides is 1. The minimum atomic E-state index is -3.80. The number of fused-ring (bicyclic) bond motifs is 1. The second-order valence-electron chi connectivity index (χ2n) is 7.74. The van der Waals surface area contributed by atoms with Crippen molar-refractivity contribution in [3.8, 4) is 5.75 Å². The Morgan fingerprint density at radius 3 is 2.53 bits per heavy atom. The highest BCUT2D eigenvalue weighted by Gasteiger charge is 2.28. The largest absolute Gasteiger partial charge is 0.497 e. The van der Waals surface area contributed by atoms with Gasteiger partial charge in [0.05, 0.1) is 17.6 Å². The summed E-state index contributed by atoms with van der Waals surface area (Å²) in [6.07, 6.45) is 0.625. The summed E-state index contributed by atoms with van der Waals surface area (Å²) in [5.41, 5.74) is 2.65. The predicted molar refractivity (Wildman–Crippen MR) is 126 cm³/mol. The van der Waals surface area contributed by atoms with Crippen LogP contribution in [-0.2, 0) is 32.5 Å². The first kappa shape index (κ1) is 23.5. The number of amides is 1. The normalized spacial score (nSPS) is 13.6. The number of esters is 1. The summed E-state index contributed by atoms with van der Waals surface area (Å²) in [6.45, 7) is 0.117. The molecule has 0 radical (unpaired) electrons. The van der Waals surface area contributed by atoms with E-state index < -0.39 is 28.5 Å². The van der Waals surface area contributed by atoms with Gasteiger partial charge in [0, 0.05) is 24.8 Å². The molecule has 0 spiro atoms. The molecule has 0 saturated carbocycles. The molecule has 3 aromatic carbocycles. The number of benzene rings is 3. The molecule has 0 atom stereocenters. The lowest BCUT2D eigenvalue weighted by atomic mass is 10.0. The molecule has 176 valence electrons. The lowest BCUT2D eigenvalue weighted by Crippen LogP contribution is -2.36. The van der Waals surface area contributed by atoms with Crippen LogP contribution >= 0.6 is 0 Å². The maximum atomic E-state index is 13.2. The molecule has 0 bridgehead atoms. The van der Waals surface area contributed by atoms with E-state index in [0.717, 1.165) is 11.1 Å². The number of nitrogens with zero attached hydrogens (tertiary/aromatic N) is 1. The molecule has 1 amide bonds. The number of carbonyl (C=O) groups excluding carboxylic acids is 2. The molecule has 1 aliphatic heterocycles. The summed E-state index contributed by atoms with van der Waals surface area (Å²) < 4.78 is 38.0. The van der Waals surface area contributed by atoms with Gasteiger partial charge < -0.3 is 14.8 Å². The van der Waals surface area contributed by atoms with Crippen molar-refractivity contribution in [2.24, 2.45) is 0 Å². The molecule has 0 saturated heterocycles. The zero-order valence-electron chi connectivity index (χ0n) is 18.6. The Balaban J connectivity index is 1.40. The van der Waals surface area contributed by atoms with E-state index in [0.29, 0.717) is 24.4 Å². The van der Waals surface area contributed by atoms with Crippen molar-refractivity contribution >= 4 is 27.6 Å². The van der Waals surface area contributed by atoms with Crippen molar-refractivity contribution in [2.45, 2.75) is 17.9 Å². The van der Waals surface area contributed by atoms with E-state index in [4.69, 9.17) is 9.47 Å². The van der Waals surface area contributed by atoms with Gasteiger partial charge in [-0.15, -0.1) is 0 Å². The van der Waals surface area contributed by atoms with E-state index in [1.165, 1.54) is 35.7 Å². The highest BCUT2D eigenvalue weighted by molar-refractivity contribution is 7.89. The maximum absolute atomic E-state index is 13.2. The Hall–Kier alpha value is -3.69. The van der Waals surface area contributed by atoms with Crippen molar-refractivity contribution in [1.29, 1.82) is 0 Å². The van der Waals surface area contributed by atoms with Gasteiger partial charge in [-0.2, -0.15) is 4.31 Å². The first-order valence-corrected chi connectivity index (χ1v) is 12.1. The Kier molecular flexibility index (Phi) is 6.95. The van der Waals surface area contributed by atoms with Crippen molar-refractivity contribution < 1.29 is 27.5 Å². The molecule has 34 heavy (non-hydrogen) atoms. The zero-order chi connectivity index (χ0) is 24.1. The second-order valence-corrected chi connectivity index (χ2v) is 9.68. The van der Waals surface area contributed by atoms with Gasteiger partial charge in [-0.25, -0.2) is 13.2 Å². The van der Waals surface area contributed by atoms with Crippen LogP contribution in [0.3, 0.4) is 0 Å². The Morgan fingerprint density at radius 2 is 1.74 bits per heavy atom. The SMILES string of the molecule is COc1cccc(NC(=O)COC(=O)c2cccc(S(=O)(=O)N3CCc4ccccc4C3)c2)c1. The third-order valence-electron chi connectivity index (χ3n) is 5.49. The van der Waals surface area contributed by atoms with Crippen LogP contribution < -0.4 is 10.1 Å². The van der Waals surface area contributed by atoms with Crippen molar-refractivity contribution in [3.05, 3.63) is 89.5 Å². The molecule has 1 heterocycles. The first-order chi connectivity index (χ1) is 16.4. The van der Waals surface area contributed by atoms with Gasteiger partial charge in [0.15, 0.2) is 6.61 Å². The minimum Gasteiger partial charge on any atom is -0.497 e. The molecule has 4 rings (SSSR count). The Morgan fingerprint density at radius 1 is 0.971 bits per heavy atom. The Labute approximate surface area is 198 Å². The van der Waals surface area contributed by atoms with E-state index in [1.54, 1.807) is 24.3 Å².